The Morgan fingerprint density at radius 2 is 2.05 bits per heavy atom. The molecule has 0 aliphatic carbocycles. The first-order chi connectivity index (χ1) is 9.86. The minimum atomic E-state index is -4.51. The maximum absolute atomic E-state index is 12.6. The van der Waals surface area contributed by atoms with E-state index in [2.05, 4.69) is 10.1 Å². The van der Waals surface area contributed by atoms with Gasteiger partial charge in [-0.3, -0.25) is 4.98 Å². The Labute approximate surface area is 117 Å². The smallest absolute Gasteiger partial charge is 0.433 e. The topological polar surface area (TPSA) is 69.8 Å². The van der Waals surface area contributed by atoms with E-state index in [9.17, 15) is 23.1 Å². The molecule has 21 heavy (non-hydrogen) atoms. The van der Waals surface area contributed by atoms with Crippen LogP contribution < -0.4 is 9.79 Å². The summed E-state index contributed by atoms with van der Waals surface area (Å²) in [5.74, 6) is -1.20. The summed E-state index contributed by atoms with van der Waals surface area (Å²) in [6, 6.07) is 3.93. The molecular weight excluding hydrogens is 287 g/mol. The van der Waals surface area contributed by atoms with Gasteiger partial charge in [-0.15, -0.1) is 0 Å². The minimum absolute atomic E-state index is 0.132. The first-order valence-electron chi connectivity index (χ1n) is 5.95. The van der Waals surface area contributed by atoms with Crippen LogP contribution >= 0.6 is 0 Å². The van der Waals surface area contributed by atoms with Gasteiger partial charge in [0.25, 0.3) is 0 Å². The van der Waals surface area contributed by atoms with Gasteiger partial charge < -0.3 is 9.90 Å². The molecule has 2 rings (SSSR count). The van der Waals surface area contributed by atoms with E-state index in [1.807, 2.05) is 0 Å². The molecule has 0 saturated carbocycles. The van der Waals surface area contributed by atoms with Crippen LogP contribution in [0.5, 0.6) is 0 Å². The number of carboxylic acid groups (broad SMARTS) is 1. The molecular formula is C13H10F3N3O2. The predicted octanol–water partition coefficient (Wildman–Crippen LogP) is 0.590. The Bertz CT molecular complexity index is 642. The second kappa shape index (κ2) is 5.86. The number of aromatic nitrogens is 3. The quantitative estimate of drug-likeness (QED) is 0.775. The second-order valence-electron chi connectivity index (χ2n) is 4.23. The van der Waals surface area contributed by atoms with Crippen molar-refractivity contribution in [3.63, 3.8) is 0 Å². The van der Waals surface area contributed by atoms with Gasteiger partial charge in [0.15, 0.2) is 12.7 Å². The molecule has 110 valence electrons. The second-order valence-corrected chi connectivity index (χ2v) is 4.23. The van der Waals surface area contributed by atoms with E-state index in [0.29, 0.717) is 11.1 Å². The molecule has 2 heterocycles. The number of hydrogen-bond acceptors (Lipinski definition) is 4. The zero-order chi connectivity index (χ0) is 15.5. The van der Waals surface area contributed by atoms with Crippen LogP contribution in [-0.4, -0.2) is 16.1 Å². The Balaban J connectivity index is 2.21. The van der Waals surface area contributed by atoms with Gasteiger partial charge in [0, 0.05) is 30.2 Å². The summed E-state index contributed by atoms with van der Waals surface area (Å²) in [4.78, 5) is 13.6. The van der Waals surface area contributed by atoms with E-state index in [-0.39, 0.29) is 13.0 Å². The van der Waals surface area contributed by atoms with E-state index in [0.717, 1.165) is 12.3 Å². The molecule has 0 aliphatic rings. The molecule has 0 unspecified atom stereocenters. The first kappa shape index (κ1) is 14.9. The fourth-order valence-electron chi connectivity index (χ4n) is 1.66. The molecule has 0 bridgehead atoms. The molecule has 5 nitrogen and oxygen atoms in total. The first-order valence-corrected chi connectivity index (χ1v) is 5.95. The van der Waals surface area contributed by atoms with Crippen molar-refractivity contribution in [2.24, 2.45) is 0 Å². The number of carbonyl (C=O) groups excluding carboxylic acids is 1. The van der Waals surface area contributed by atoms with Gasteiger partial charge in [-0.05, 0) is 22.8 Å². The van der Waals surface area contributed by atoms with Gasteiger partial charge in [0.05, 0.1) is 0 Å². The minimum Gasteiger partial charge on any atom is -0.550 e. The van der Waals surface area contributed by atoms with Gasteiger partial charge in [-0.25, -0.2) is 0 Å². The number of hydrogen-bond donors (Lipinski definition) is 0. The zero-order valence-corrected chi connectivity index (χ0v) is 10.7. The lowest BCUT2D eigenvalue weighted by Gasteiger charge is -2.07. The highest BCUT2D eigenvalue weighted by molar-refractivity contribution is 5.63. The predicted molar refractivity (Wildman–Crippen MR) is 62.3 cm³/mol. The molecule has 2 aromatic rings. The standard InChI is InChI=1S/C13H10F3N3O2/c14-13(15,16)11-7-9(1-4-17-11)10-2-5-19(18-8-10)6-3-12(20)21/h1-2,4-5,7-8H,3,6H2. The highest BCUT2D eigenvalue weighted by Crippen LogP contribution is 2.29. The number of carbonyl (C=O) groups is 1. The normalized spacial score (nSPS) is 11.4. The Morgan fingerprint density at radius 3 is 2.62 bits per heavy atom. The fourth-order valence-corrected chi connectivity index (χ4v) is 1.66. The third-order valence-corrected chi connectivity index (χ3v) is 2.70. The molecule has 0 saturated heterocycles. The Kier molecular flexibility index (Phi) is 4.15. The van der Waals surface area contributed by atoms with Crippen LogP contribution in [-0.2, 0) is 17.5 Å². The SMILES string of the molecule is O=C([O-])CC[n+]1ccc(-c2ccnc(C(F)(F)F)c2)cn1. The van der Waals surface area contributed by atoms with Crippen LogP contribution in [0.15, 0.2) is 36.8 Å². The number of aryl methyl sites for hydroxylation is 1. The average molecular weight is 297 g/mol. The van der Waals surface area contributed by atoms with Gasteiger partial charge in [-0.2, -0.15) is 13.2 Å². The number of aliphatic carboxylic acids is 1. The molecule has 0 radical (unpaired) electrons. The Morgan fingerprint density at radius 1 is 1.29 bits per heavy atom. The monoisotopic (exact) mass is 297 g/mol. The van der Waals surface area contributed by atoms with E-state index in [4.69, 9.17) is 0 Å². The van der Waals surface area contributed by atoms with Crippen LogP contribution in [0.1, 0.15) is 12.1 Å². The molecule has 0 aliphatic heterocycles. The molecule has 0 fully saturated rings. The van der Waals surface area contributed by atoms with Crippen molar-refractivity contribution in [2.75, 3.05) is 0 Å². The van der Waals surface area contributed by atoms with E-state index in [1.165, 1.54) is 23.1 Å². The maximum atomic E-state index is 12.6. The van der Waals surface area contributed by atoms with Crippen molar-refractivity contribution in [1.29, 1.82) is 0 Å². The summed E-state index contributed by atoms with van der Waals surface area (Å²) in [6.07, 6.45) is -0.761. The third kappa shape index (κ3) is 3.98. The fraction of sp³-hybridized carbons (Fsp3) is 0.231. The molecule has 0 aromatic carbocycles. The van der Waals surface area contributed by atoms with Crippen molar-refractivity contribution < 1.29 is 27.8 Å². The van der Waals surface area contributed by atoms with Crippen molar-refractivity contribution in [3.8, 4) is 11.1 Å². The summed E-state index contributed by atoms with van der Waals surface area (Å²) < 4.78 is 39.1. The van der Waals surface area contributed by atoms with Crippen molar-refractivity contribution in [2.45, 2.75) is 19.1 Å². The van der Waals surface area contributed by atoms with E-state index in [1.54, 1.807) is 6.07 Å². The number of carboxylic acids is 1. The van der Waals surface area contributed by atoms with Crippen LogP contribution in [0, 0.1) is 0 Å². The molecule has 0 amide bonds. The number of pyridine rings is 1. The molecule has 8 heteroatoms. The summed E-state index contributed by atoms with van der Waals surface area (Å²) in [6.45, 7) is 0.132. The lowest BCUT2D eigenvalue weighted by Crippen LogP contribution is -2.40. The third-order valence-electron chi connectivity index (χ3n) is 2.70. The lowest BCUT2D eigenvalue weighted by atomic mass is 10.1. The van der Waals surface area contributed by atoms with Gasteiger partial charge in [-0.1, -0.05) is 4.68 Å². The van der Waals surface area contributed by atoms with Crippen LogP contribution in [0.3, 0.4) is 0 Å². The Hall–Kier alpha value is -2.51. The maximum Gasteiger partial charge on any atom is 0.433 e. The van der Waals surface area contributed by atoms with Crippen molar-refractivity contribution in [3.05, 3.63) is 42.5 Å². The van der Waals surface area contributed by atoms with Crippen molar-refractivity contribution >= 4 is 5.97 Å². The molecule has 0 atom stereocenters. The van der Waals surface area contributed by atoms with Gasteiger partial charge >= 0.3 is 6.18 Å². The van der Waals surface area contributed by atoms with Crippen molar-refractivity contribution in [1.82, 2.24) is 10.1 Å². The number of halogens is 3. The molecule has 2 aromatic heterocycles. The van der Waals surface area contributed by atoms with E-state index < -0.39 is 17.8 Å². The summed E-state index contributed by atoms with van der Waals surface area (Å²) in [7, 11) is 0. The highest BCUT2D eigenvalue weighted by atomic mass is 19.4. The lowest BCUT2D eigenvalue weighted by molar-refractivity contribution is -0.753. The summed E-state index contributed by atoms with van der Waals surface area (Å²) in [5.41, 5.74) is -0.168. The average Bonchev–Trinajstić information content (AvgIpc) is 2.45. The summed E-state index contributed by atoms with van der Waals surface area (Å²) in [5, 5.41) is 14.3. The van der Waals surface area contributed by atoms with Gasteiger partial charge in [0.1, 0.15) is 11.9 Å². The number of alkyl halides is 3. The molecule has 0 spiro atoms. The van der Waals surface area contributed by atoms with Gasteiger partial charge in [0.2, 0.25) is 0 Å². The number of nitrogens with zero attached hydrogens (tertiary/aromatic N) is 3. The van der Waals surface area contributed by atoms with Crippen LogP contribution in [0.4, 0.5) is 13.2 Å². The highest BCUT2D eigenvalue weighted by Gasteiger charge is 2.32. The van der Waals surface area contributed by atoms with E-state index >= 15 is 0 Å². The zero-order valence-electron chi connectivity index (χ0n) is 10.7. The molecule has 0 N–H and O–H groups in total. The number of rotatable bonds is 4. The summed E-state index contributed by atoms with van der Waals surface area (Å²) >= 11 is 0. The van der Waals surface area contributed by atoms with Crippen LogP contribution in [0.25, 0.3) is 11.1 Å². The largest absolute Gasteiger partial charge is 0.550 e. The van der Waals surface area contributed by atoms with Crippen LogP contribution in [0.2, 0.25) is 0 Å².